The Hall–Kier alpha value is -4.68. The highest BCUT2D eigenvalue weighted by atomic mass is 16.5. The van der Waals surface area contributed by atoms with Gasteiger partial charge >= 0.3 is 5.97 Å². The zero-order valence-electron chi connectivity index (χ0n) is 28.8. The van der Waals surface area contributed by atoms with E-state index in [1.54, 1.807) is 6.07 Å². The van der Waals surface area contributed by atoms with Crippen LogP contribution in [-0.2, 0) is 9.53 Å². The Kier molecular flexibility index (Phi) is 9.06. The lowest BCUT2D eigenvalue weighted by molar-refractivity contribution is -0.160. The van der Waals surface area contributed by atoms with Gasteiger partial charge in [0.25, 0.3) is 0 Å². The van der Waals surface area contributed by atoms with Crippen LogP contribution in [-0.4, -0.2) is 50.5 Å². The Morgan fingerprint density at radius 1 is 1.10 bits per heavy atom. The molecule has 3 aliphatic rings. The molecule has 3 aliphatic heterocycles. The van der Waals surface area contributed by atoms with Crippen molar-refractivity contribution in [1.29, 1.82) is 5.26 Å². The van der Waals surface area contributed by atoms with Crippen molar-refractivity contribution in [2.45, 2.75) is 91.5 Å². The number of piperidine rings is 1. The normalized spacial score (nSPS) is 20.6. The number of carboxylic acids is 1. The summed E-state index contributed by atoms with van der Waals surface area (Å²) in [4.78, 5) is 20.0. The van der Waals surface area contributed by atoms with Gasteiger partial charge in [0.05, 0.1) is 34.6 Å². The number of allylic oxidation sites excluding steroid dienone is 1. The lowest BCUT2D eigenvalue weighted by Gasteiger charge is -2.41. The molecule has 9 heteroatoms. The van der Waals surface area contributed by atoms with Gasteiger partial charge in [0, 0.05) is 42.4 Å². The summed E-state index contributed by atoms with van der Waals surface area (Å²) in [5.41, 5.74) is 5.11. The summed E-state index contributed by atoms with van der Waals surface area (Å²) in [6, 6.07) is 17.8. The van der Waals surface area contributed by atoms with Crippen molar-refractivity contribution in [2.24, 2.45) is 5.41 Å². The summed E-state index contributed by atoms with van der Waals surface area (Å²) in [7, 11) is 0. The molecular formula is C39H45N5O4. The summed E-state index contributed by atoms with van der Waals surface area (Å²) >= 11 is 0. The van der Waals surface area contributed by atoms with E-state index in [0.717, 1.165) is 73.5 Å². The highest BCUT2D eigenvalue weighted by molar-refractivity contribution is 5.80. The summed E-state index contributed by atoms with van der Waals surface area (Å²) < 4.78 is 14.5. The van der Waals surface area contributed by atoms with Crippen LogP contribution >= 0.6 is 0 Å². The highest BCUT2D eigenvalue weighted by Crippen LogP contribution is 2.42. The number of ether oxygens (including phenoxy) is 2. The zero-order valence-corrected chi connectivity index (χ0v) is 28.8. The van der Waals surface area contributed by atoms with Gasteiger partial charge in [0.15, 0.2) is 11.8 Å². The number of aliphatic carboxylic acids is 1. The van der Waals surface area contributed by atoms with Crippen molar-refractivity contribution in [3.05, 3.63) is 77.5 Å². The zero-order chi connectivity index (χ0) is 34.2. The second-order valence-electron chi connectivity index (χ2n) is 14.6. The number of nitrogens with zero attached hydrogens (tertiary/aromatic N) is 5. The van der Waals surface area contributed by atoms with Crippen molar-refractivity contribution in [1.82, 2.24) is 14.6 Å². The third-order valence-electron chi connectivity index (χ3n) is 9.49. The molecule has 1 fully saturated rings. The molecule has 9 nitrogen and oxygen atoms in total. The third kappa shape index (κ3) is 6.95. The van der Waals surface area contributed by atoms with Gasteiger partial charge in [-0.2, -0.15) is 14.9 Å². The van der Waals surface area contributed by atoms with E-state index in [9.17, 15) is 15.2 Å². The molecule has 5 heterocycles. The second-order valence-corrected chi connectivity index (χ2v) is 14.6. The smallest absolute Gasteiger partial charge is 0.337 e. The Morgan fingerprint density at radius 3 is 2.56 bits per heavy atom. The van der Waals surface area contributed by atoms with Crippen LogP contribution in [0.15, 0.2) is 60.7 Å². The molecule has 2 aromatic heterocycles. The average molecular weight is 648 g/mol. The molecule has 7 rings (SSSR count). The van der Waals surface area contributed by atoms with Gasteiger partial charge in [-0.3, -0.25) is 0 Å². The number of aromatic nitrogens is 3. The molecule has 0 aliphatic carbocycles. The van der Waals surface area contributed by atoms with Crippen LogP contribution in [0.4, 0.5) is 5.82 Å². The van der Waals surface area contributed by atoms with E-state index in [2.05, 4.69) is 43.0 Å². The van der Waals surface area contributed by atoms with Crippen LogP contribution in [0.25, 0.3) is 28.0 Å². The maximum atomic E-state index is 12.8. The van der Waals surface area contributed by atoms with Gasteiger partial charge in [0.2, 0.25) is 0 Å². The molecule has 0 unspecified atom stereocenters. The Bertz CT molecular complexity index is 1910. The SMILES string of the molecule is Cc1nc2cc3nn2c(c1[C@H](OC(C)(C)C)C(=O)O)N1CCC(C)(CCC=CC[C@H](C)Oc2ccc(C#N)cc2-c2cccc-3c2)CC1. The number of rotatable bonds is 3. The van der Waals surface area contributed by atoms with E-state index >= 15 is 0 Å². The second kappa shape index (κ2) is 13.1. The summed E-state index contributed by atoms with van der Waals surface area (Å²) in [6.45, 7) is 13.4. The quantitative estimate of drug-likeness (QED) is 0.221. The molecule has 6 bridgehead atoms. The van der Waals surface area contributed by atoms with Crippen molar-refractivity contribution in [3.8, 4) is 34.2 Å². The molecule has 0 saturated carbocycles. The van der Waals surface area contributed by atoms with Gasteiger partial charge in [-0.15, -0.1) is 0 Å². The van der Waals surface area contributed by atoms with E-state index in [4.69, 9.17) is 19.6 Å². The minimum absolute atomic E-state index is 0.0437. The lowest BCUT2D eigenvalue weighted by atomic mass is 9.76. The first-order chi connectivity index (χ1) is 22.8. The van der Waals surface area contributed by atoms with Crippen LogP contribution in [0.2, 0.25) is 0 Å². The number of hydrogen-bond donors (Lipinski definition) is 1. The van der Waals surface area contributed by atoms with Crippen LogP contribution in [0, 0.1) is 23.7 Å². The van der Waals surface area contributed by atoms with Crippen LogP contribution in [0.1, 0.15) is 89.6 Å². The predicted molar refractivity (Wildman–Crippen MR) is 187 cm³/mol. The molecule has 1 saturated heterocycles. The van der Waals surface area contributed by atoms with Crippen LogP contribution in [0.5, 0.6) is 5.75 Å². The Labute approximate surface area is 282 Å². The monoisotopic (exact) mass is 647 g/mol. The fraction of sp³-hybridized carbons (Fsp3) is 0.436. The molecule has 0 spiro atoms. The van der Waals surface area contributed by atoms with Gasteiger partial charge < -0.3 is 19.5 Å². The van der Waals surface area contributed by atoms with Crippen LogP contribution in [0.3, 0.4) is 0 Å². The van der Waals surface area contributed by atoms with Crippen LogP contribution < -0.4 is 9.64 Å². The number of hydrogen-bond acceptors (Lipinski definition) is 7. The first-order valence-corrected chi connectivity index (χ1v) is 16.9. The molecule has 0 amide bonds. The molecule has 2 atom stereocenters. The molecule has 48 heavy (non-hydrogen) atoms. The van der Waals surface area contributed by atoms with Crippen molar-refractivity contribution in [2.75, 3.05) is 18.0 Å². The number of aryl methyl sites for hydroxylation is 1. The van der Waals surface area contributed by atoms with Gasteiger partial charge in [-0.05, 0) is 95.5 Å². The first kappa shape index (κ1) is 33.2. The van der Waals surface area contributed by atoms with E-state index in [1.807, 2.05) is 68.6 Å². The molecular weight excluding hydrogens is 602 g/mol. The molecule has 4 aromatic rings. The summed E-state index contributed by atoms with van der Waals surface area (Å²) in [5, 5.41) is 25.3. The van der Waals surface area contributed by atoms with Crippen molar-refractivity contribution < 1.29 is 19.4 Å². The maximum Gasteiger partial charge on any atom is 0.337 e. The van der Waals surface area contributed by atoms with Gasteiger partial charge in [0.1, 0.15) is 11.6 Å². The van der Waals surface area contributed by atoms with E-state index in [1.165, 1.54) is 0 Å². The largest absolute Gasteiger partial charge is 0.490 e. The lowest BCUT2D eigenvalue weighted by Crippen LogP contribution is -2.41. The average Bonchev–Trinajstić information content (AvgIpc) is 3.46. The van der Waals surface area contributed by atoms with Crippen molar-refractivity contribution in [3.63, 3.8) is 0 Å². The Morgan fingerprint density at radius 2 is 1.85 bits per heavy atom. The van der Waals surface area contributed by atoms with Gasteiger partial charge in [-0.1, -0.05) is 37.3 Å². The van der Waals surface area contributed by atoms with E-state index < -0.39 is 17.7 Å². The molecule has 0 radical (unpaired) electrons. The van der Waals surface area contributed by atoms with E-state index in [0.29, 0.717) is 28.2 Å². The highest BCUT2D eigenvalue weighted by Gasteiger charge is 2.37. The fourth-order valence-electron chi connectivity index (χ4n) is 6.84. The predicted octanol–water partition coefficient (Wildman–Crippen LogP) is 8.30. The molecule has 2 aromatic carbocycles. The number of benzene rings is 2. The van der Waals surface area contributed by atoms with E-state index in [-0.39, 0.29) is 11.5 Å². The minimum Gasteiger partial charge on any atom is -0.490 e. The number of carboxylic acid groups (broad SMARTS) is 1. The molecule has 250 valence electrons. The number of fused-ring (bicyclic) bond motifs is 7. The fourth-order valence-corrected chi connectivity index (χ4v) is 6.84. The topological polar surface area (TPSA) is 113 Å². The van der Waals surface area contributed by atoms with Crippen molar-refractivity contribution >= 4 is 17.4 Å². The number of anilines is 1. The molecule has 1 N–H and O–H groups in total. The summed E-state index contributed by atoms with van der Waals surface area (Å²) in [5.74, 6) is 0.383. The maximum absolute atomic E-state index is 12.8. The first-order valence-electron chi connectivity index (χ1n) is 16.9. The number of nitriles is 1. The number of carbonyl (C=O) groups is 1. The summed E-state index contributed by atoms with van der Waals surface area (Å²) in [6.07, 6.45) is 7.98. The standard InChI is InChI=1S/C39H45N5O4/c1-25-11-8-7-9-16-39(6)17-19-43(20-18-39)36-34(35(37(45)46)48-38(3,4)5)26(2)41-33-23-31(42-44(33)36)29-13-10-12-28(22-29)30-21-27(24-40)14-15-32(30)47-25/h7-8,10,12-15,21-23,25,35H,9,11,16-20H2,1-6H3,(H,45,46)/t25-,35-/m0/s1. The third-order valence-corrected chi connectivity index (χ3v) is 9.49. The Balaban J connectivity index is 1.55. The minimum atomic E-state index is -1.22. The van der Waals surface area contributed by atoms with Gasteiger partial charge in [-0.25, -0.2) is 9.78 Å².